The molecule has 3 rings (SSSR count). The number of hydrogen-bond donors (Lipinski definition) is 1. The molecule has 1 fully saturated rings. The van der Waals surface area contributed by atoms with Crippen LogP contribution in [0.25, 0.3) is 0 Å². The Labute approximate surface area is 110 Å². The van der Waals surface area contributed by atoms with Crippen LogP contribution in [-0.4, -0.2) is 38.9 Å². The SMILES string of the molecule is O=C1NCOc2c1cc(Cl)cc2N1CCOCC1. The Hall–Kier alpha value is -1.46. The van der Waals surface area contributed by atoms with E-state index in [2.05, 4.69) is 10.2 Å². The molecule has 1 aromatic carbocycles. The second-order valence-corrected chi connectivity index (χ2v) is 4.63. The fourth-order valence-corrected chi connectivity index (χ4v) is 2.42. The molecule has 0 bridgehead atoms. The molecule has 0 aliphatic carbocycles. The Morgan fingerprint density at radius 1 is 1.28 bits per heavy atom. The molecule has 0 saturated carbocycles. The maximum absolute atomic E-state index is 11.8. The summed E-state index contributed by atoms with van der Waals surface area (Å²) in [4.78, 5) is 13.9. The minimum absolute atomic E-state index is 0.145. The number of rotatable bonds is 1. The first-order valence-corrected chi connectivity index (χ1v) is 6.21. The highest BCUT2D eigenvalue weighted by atomic mass is 35.5. The molecule has 1 N–H and O–H groups in total. The average molecular weight is 269 g/mol. The zero-order chi connectivity index (χ0) is 12.5. The minimum atomic E-state index is -0.145. The molecule has 18 heavy (non-hydrogen) atoms. The highest BCUT2D eigenvalue weighted by Gasteiger charge is 2.25. The van der Waals surface area contributed by atoms with Gasteiger partial charge in [-0.15, -0.1) is 0 Å². The topological polar surface area (TPSA) is 50.8 Å². The molecule has 0 atom stereocenters. The molecular weight excluding hydrogens is 256 g/mol. The summed E-state index contributed by atoms with van der Waals surface area (Å²) in [6.45, 7) is 3.10. The largest absolute Gasteiger partial charge is 0.470 e. The van der Waals surface area contributed by atoms with Crippen molar-refractivity contribution >= 4 is 23.2 Å². The van der Waals surface area contributed by atoms with Gasteiger partial charge in [0.05, 0.1) is 24.5 Å². The predicted octanol–water partition coefficient (Wildman–Crippen LogP) is 1.26. The Morgan fingerprint density at radius 2 is 2.06 bits per heavy atom. The first-order chi connectivity index (χ1) is 8.75. The van der Waals surface area contributed by atoms with E-state index in [1.165, 1.54) is 0 Å². The summed E-state index contributed by atoms with van der Waals surface area (Å²) in [5, 5.41) is 3.17. The first kappa shape index (κ1) is 11.6. The monoisotopic (exact) mass is 268 g/mol. The zero-order valence-corrected chi connectivity index (χ0v) is 10.5. The number of nitrogens with one attached hydrogen (secondary N) is 1. The van der Waals surface area contributed by atoms with Gasteiger partial charge in [-0.1, -0.05) is 11.6 Å². The van der Waals surface area contributed by atoms with Crippen molar-refractivity contribution in [1.29, 1.82) is 0 Å². The number of carbonyl (C=O) groups is 1. The van der Waals surface area contributed by atoms with Crippen molar-refractivity contribution in [3.63, 3.8) is 0 Å². The average Bonchev–Trinajstić information content (AvgIpc) is 2.40. The van der Waals surface area contributed by atoms with Gasteiger partial charge in [-0.05, 0) is 12.1 Å². The lowest BCUT2D eigenvalue weighted by atomic mass is 10.1. The van der Waals surface area contributed by atoms with Crippen LogP contribution >= 0.6 is 11.6 Å². The number of carbonyl (C=O) groups excluding carboxylic acids is 1. The van der Waals surface area contributed by atoms with Crippen LogP contribution in [0.2, 0.25) is 5.02 Å². The van der Waals surface area contributed by atoms with Crippen LogP contribution < -0.4 is 15.0 Å². The molecule has 0 radical (unpaired) electrons. The molecule has 2 aliphatic rings. The standard InChI is InChI=1S/C12H13ClN2O3/c13-8-5-9-11(18-7-14-12(9)16)10(6-8)15-1-3-17-4-2-15/h5-6H,1-4,7H2,(H,14,16). The van der Waals surface area contributed by atoms with E-state index >= 15 is 0 Å². The third-order valence-corrected chi connectivity index (χ3v) is 3.30. The van der Waals surface area contributed by atoms with E-state index in [1.807, 2.05) is 6.07 Å². The number of halogens is 1. The zero-order valence-electron chi connectivity index (χ0n) is 9.74. The number of hydrogen-bond acceptors (Lipinski definition) is 4. The molecule has 1 amide bonds. The molecule has 1 saturated heterocycles. The van der Waals surface area contributed by atoms with Gasteiger partial charge in [-0.25, -0.2) is 0 Å². The minimum Gasteiger partial charge on any atom is -0.470 e. The van der Waals surface area contributed by atoms with Gasteiger partial charge in [0.2, 0.25) is 0 Å². The molecule has 0 aromatic heterocycles. The van der Waals surface area contributed by atoms with Gasteiger partial charge in [0.25, 0.3) is 5.91 Å². The normalized spacial score (nSPS) is 18.9. The van der Waals surface area contributed by atoms with Gasteiger partial charge >= 0.3 is 0 Å². The Bertz CT molecular complexity index is 486. The quantitative estimate of drug-likeness (QED) is 0.833. The third kappa shape index (κ3) is 2.00. The smallest absolute Gasteiger partial charge is 0.257 e. The van der Waals surface area contributed by atoms with Crippen LogP contribution in [0.3, 0.4) is 0 Å². The van der Waals surface area contributed by atoms with Crippen molar-refractivity contribution in [2.24, 2.45) is 0 Å². The maximum Gasteiger partial charge on any atom is 0.257 e. The first-order valence-electron chi connectivity index (χ1n) is 5.83. The van der Waals surface area contributed by atoms with E-state index in [0.29, 0.717) is 29.5 Å². The van der Waals surface area contributed by atoms with Gasteiger partial charge in [-0.3, -0.25) is 4.79 Å². The van der Waals surface area contributed by atoms with Crippen LogP contribution in [0.1, 0.15) is 10.4 Å². The number of fused-ring (bicyclic) bond motifs is 1. The molecule has 1 aromatic rings. The van der Waals surface area contributed by atoms with Gasteiger partial charge in [0.1, 0.15) is 0 Å². The fourth-order valence-electron chi connectivity index (χ4n) is 2.21. The number of benzene rings is 1. The van der Waals surface area contributed by atoms with Crippen LogP contribution in [0.15, 0.2) is 12.1 Å². The summed E-state index contributed by atoms with van der Waals surface area (Å²) in [6, 6.07) is 3.47. The second kappa shape index (κ2) is 4.66. The van der Waals surface area contributed by atoms with E-state index in [4.69, 9.17) is 21.1 Å². The molecule has 2 aliphatic heterocycles. The Balaban J connectivity index is 2.05. The van der Waals surface area contributed by atoms with E-state index < -0.39 is 0 Å². The van der Waals surface area contributed by atoms with Crippen LogP contribution in [0.4, 0.5) is 5.69 Å². The summed E-state index contributed by atoms with van der Waals surface area (Å²) in [7, 11) is 0. The summed E-state index contributed by atoms with van der Waals surface area (Å²) in [5.74, 6) is 0.471. The Kier molecular flexibility index (Phi) is 3.01. The van der Waals surface area contributed by atoms with Crippen molar-refractivity contribution in [2.75, 3.05) is 37.9 Å². The lowest BCUT2D eigenvalue weighted by Gasteiger charge is -2.32. The van der Waals surface area contributed by atoms with Gasteiger partial charge < -0.3 is 19.7 Å². The van der Waals surface area contributed by atoms with Crippen molar-refractivity contribution < 1.29 is 14.3 Å². The summed E-state index contributed by atoms with van der Waals surface area (Å²) in [6.07, 6.45) is 0. The third-order valence-electron chi connectivity index (χ3n) is 3.08. The van der Waals surface area contributed by atoms with E-state index in [9.17, 15) is 4.79 Å². The molecule has 5 nitrogen and oxygen atoms in total. The summed E-state index contributed by atoms with van der Waals surface area (Å²) in [5.41, 5.74) is 1.37. The molecule has 0 unspecified atom stereocenters. The van der Waals surface area contributed by atoms with Gasteiger partial charge in [0.15, 0.2) is 12.5 Å². The predicted molar refractivity (Wildman–Crippen MR) is 67.4 cm³/mol. The van der Waals surface area contributed by atoms with Crippen LogP contribution in [0, 0.1) is 0 Å². The van der Waals surface area contributed by atoms with Crippen molar-refractivity contribution in [1.82, 2.24) is 5.32 Å². The van der Waals surface area contributed by atoms with E-state index in [1.54, 1.807) is 6.07 Å². The van der Waals surface area contributed by atoms with Gasteiger partial charge in [-0.2, -0.15) is 0 Å². The molecule has 2 heterocycles. The molecule has 96 valence electrons. The van der Waals surface area contributed by atoms with Gasteiger partial charge in [0, 0.05) is 18.1 Å². The van der Waals surface area contributed by atoms with Crippen molar-refractivity contribution in [2.45, 2.75) is 0 Å². The number of ether oxygens (including phenoxy) is 2. The highest BCUT2D eigenvalue weighted by Crippen LogP contribution is 2.37. The van der Waals surface area contributed by atoms with Crippen molar-refractivity contribution in [3.05, 3.63) is 22.7 Å². The lowest BCUT2D eigenvalue weighted by molar-refractivity contribution is 0.0883. The molecular formula is C12H13ClN2O3. The summed E-state index contributed by atoms with van der Waals surface area (Å²) < 4.78 is 10.9. The highest BCUT2D eigenvalue weighted by molar-refractivity contribution is 6.31. The fraction of sp³-hybridized carbons (Fsp3) is 0.417. The summed E-state index contributed by atoms with van der Waals surface area (Å²) >= 11 is 6.07. The number of amides is 1. The van der Waals surface area contributed by atoms with Crippen LogP contribution in [0.5, 0.6) is 5.75 Å². The number of nitrogens with zero attached hydrogens (tertiary/aromatic N) is 1. The molecule has 0 spiro atoms. The second-order valence-electron chi connectivity index (χ2n) is 4.20. The Morgan fingerprint density at radius 3 is 2.83 bits per heavy atom. The van der Waals surface area contributed by atoms with Crippen molar-refractivity contribution in [3.8, 4) is 5.75 Å². The molecule has 6 heteroatoms. The van der Waals surface area contributed by atoms with Crippen LogP contribution in [-0.2, 0) is 4.74 Å². The maximum atomic E-state index is 11.8. The number of morpholine rings is 1. The van der Waals surface area contributed by atoms with E-state index in [-0.39, 0.29) is 12.6 Å². The number of anilines is 1. The lowest BCUT2D eigenvalue weighted by Crippen LogP contribution is -2.38. The van der Waals surface area contributed by atoms with E-state index in [0.717, 1.165) is 18.8 Å².